The van der Waals surface area contributed by atoms with Crippen LogP contribution in [0.5, 0.6) is 0 Å². The third kappa shape index (κ3) is 2.88. The highest BCUT2D eigenvalue weighted by Crippen LogP contribution is 2.20. The van der Waals surface area contributed by atoms with Crippen molar-refractivity contribution in [3.05, 3.63) is 11.6 Å². The largest absolute Gasteiger partial charge is 0.356 e. The summed E-state index contributed by atoms with van der Waals surface area (Å²) in [6.45, 7) is 4.00. The Kier molecular flexibility index (Phi) is 3.40. The van der Waals surface area contributed by atoms with Crippen molar-refractivity contribution in [1.29, 1.82) is 0 Å². The molecule has 0 amide bonds. The number of aliphatic imine (C=N–C) groups is 1. The molecule has 1 atom stereocenters. The summed E-state index contributed by atoms with van der Waals surface area (Å²) in [6, 6.07) is 0.643. The van der Waals surface area contributed by atoms with Crippen molar-refractivity contribution in [3.63, 3.8) is 0 Å². The number of hydrogen-bond donors (Lipinski definition) is 2. The Labute approximate surface area is 113 Å². The summed E-state index contributed by atoms with van der Waals surface area (Å²) in [6.07, 6.45) is 4.74. The molecule has 0 bridgehead atoms. The first kappa shape index (κ1) is 12.4. The van der Waals surface area contributed by atoms with E-state index in [2.05, 4.69) is 30.4 Å². The Morgan fingerprint density at radius 1 is 1.37 bits per heavy atom. The fourth-order valence-electron chi connectivity index (χ4n) is 2.55. The average molecular weight is 262 g/mol. The van der Waals surface area contributed by atoms with E-state index in [-0.39, 0.29) is 0 Å². The van der Waals surface area contributed by atoms with Gasteiger partial charge in [0.15, 0.2) is 5.96 Å². The van der Waals surface area contributed by atoms with Gasteiger partial charge >= 0.3 is 0 Å². The smallest absolute Gasteiger partial charge is 0.191 e. The zero-order chi connectivity index (χ0) is 13.2. The predicted molar refractivity (Wildman–Crippen MR) is 74.1 cm³/mol. The highest BCUT2D eigenvalue weighted by molar-refractivity contribution is 5.80. The number of aromatic nitrogens is 3. The Balaban J connectivity index is 1.52. The minimum absolute atomic E-state index is 0.625. The molecule has 1 aliphatic heterocycles. The Bertz CT molecular complexity index is 473. The summed E-state index contributed by atoms with van der Waals surface area (Å²) in [7, 11) is 1.83. The minimum atomic E-state index is 0.625. The van der Waals surface area contributed by atoms with E-state index < -0.39 is 0 Å². The molecule has 1 fully saturated rings. The molecule has 3 rings (SSSR count). The van der Waals surface area contributed by atoms with Gasteiger partial charge in [0.25, 0.3) is 0 Å². The third-order valence-electron chi connectivity index (χ3n) is 3.93. The van der Waals surface area contributed by atoms with Crippen LogP contribution < -0.4 is 10.6 Å². The lowest BCUT2D eigenvalue weighted by atomic mass is 9.99. The number of aryl methyl sites for hydroxylation is 2. The quantitative estimate of drug-likeness (QED) is 0.614. The zero-order valence-corrected chi connectivity index (χ0v) is 11.7. The summed E-state index contributed by atoms with van der Waals surface area (Å²) in [5.41, 5.74) is 0. The maximum absolute atomic E-state index is 4.27. The van der Waals surface area contributed by atoms with Gasteiger partial charge in [-0.2, -0.15) is 0 Å². The van der Waals surface area contributed by atoms with Gasteiger partial charge in [0.2, 0.25) is 0 Å². The second-order valence-corrected chi connectivity index (χ2v) is 5.55. The molecule has 1 aromatic heterocycles. The molecule has 1 unspecified atom stereocenters. The Morgan fingerprint density at radius 2 is 2.21 bits per heavy atom. The van der Waals surface area contributed by atoms with Crippen molar-refractivity contribution in [1.82, 2.24) is 25.4 Å². The minimum Gasteiger partial charge on any atom is -0.356 e. The third-order valence-corrected chi connectivity index (χ3v) is 3.93. The summed E-state index contributed by atoms with van der Waals surface area (Å²) >= 11 is 0. The van der Waals surface area contributed by atoms with Crippen LogP contribution in [-0.4, -0.2) is 40.4 Å². The second kappa shape index (κ2) is 5.19. The SMILES string of the molecule is CN=C(NCC1CCc2nnc(C)n2C1)NC1CC1. The molecule has 0 aromatic carbocycles. The monoisotopic (exact) mass is 262 g/mol. The van der Waals surface area contributed by atoms with Crippen molar-refractivity contribution in [2.75, 3.05) is 13.6 Å². The van der Waals surface area contributed by atoms with Crippen molar-refractivity contribution < 1.29 is 0 Å². The van der Waals surface area contributed by atoms with Gasteiger partial charge in [-0.05, 0) is 32.1 Å². The zero-order valence-electron chi connectivity index (χ0n) is 11.7. The van der Waals surface area contributed by atoms with E-state index in [1.54, 1.807) is 0 Å². The van der Waals surface area contributed by atoms with Crippen LogP contribution in [-0.2, 0) is 13.0 Å². The first-order valence-corrected chi connectivity index (χ1v) is 7.12. The van der Waals surface area contributed by atoms with Crippen LogP contribution in [0.4, 0.5) is 0 Å². The first-order valence-electron chi connectivity index (χ1n) is 7.12. The summed E-state index contributed by atoms with van der Waals surface area (Å²) in [4.78, 5) is 4.27. The van der Waals surface area contributed by atoms with Crippen LogP contribution in [0.2, 0.25) is 0 Å². The molecule has 0 spiro atoms. The fourth-order valence-corrected chi connectivity index (χ4v) is 2.55. The van der Waals surface area contributed by atoms with Gasteiger partial charge in [-0.1, -0.05) is 0 Å². The molecule has 1 saturated carbocycles. The maximum atomic E-state index is 4.27. The Morgan fingerprint density at radius 3 is 2.95 bits per heavy atom. The van der Waals surface area contributed by atoms with Gasteiger partial charge in [-0.25, -0.2) is 0 Å². The summed E-state index contributed by atoms with van der Waals surface area (Å²) in [5, 5.41) is 15.2. The molecule has 0 saturated heterocycles. The molecule has 19 heavy (non-hydrogen) atoms. The van der Waals surface area contributed by atoms with E-state index in [0.717, 1.165) is 37.1 Å². The molecular formula is C13H22N6. The van der Waals surface area contributed by atoms with Crippen molar-refractivity contribution in [2.24, 2.45) is 10.9 Å². The standard InChI is InChI=1S/C13H22N6/c1-9-17-18-12-6-3-10(8-19(9)12)7-15-13(14-2)16-11-4-5-11/h10-11H,3-8H2,1-2H3,(H2,14,15,16). The Hall–Kier alpha value is -1.59. The average Bonchev–Trinajstić information content (AvgIpc) is 3.18. The number of nitrogens with one attached hydrogen (secondary N) is 2. The lowest BCUT2D eigenvalue weighted by Crippen LogP contribution is -2.42. The van der Waals surface area contributed by atoms with Gasteiger partial charge < -0.3 is 15.2 Å². The van der Waals surface area contributed by atoms with Crippen LogP contribution >= 0.6 is 0 Å². The van der Waals surface area contributed by atoms with Crippen molar-refractivity contribution in [2.45, 2.75) is 45.2 Å². The molecule has 6 heteroatoms. The van der Waals surface area contributed by atoms with Crippen LogP contribution in [0.1, 0.15) is 30.9 Å². The van der Waals surface area contributed by atoms with Crippen LogP contribution in [0, 0.1) is 12.8 Å². The van der Waals surface area contributed by atoms with E-state index in [9.17, 15) is 0 Å². The number of nitrogens with zero attached hydrogens (tertiary/aromatic N) is 4. The molecule has 1 aromatic rings. The molecule has 1 aliphatic carbocycles. The van der Waals surface area contributed by atoms with Gasteiger partial charge in [0, 0.05) is 32.6 Å². The molecule has 2 N–H and O–H groups in total. The van der Waals surface area contributed by atoms with E-state index in [1.807, 2.05) is 14.0 Å². The predicted octanol–water partition coefficient (Wildman–Crippen LogP) is 0.476. The molecule has 2 aliphatic rings. The van der Waals surface area contributed by atoms with Crippen molar-refractivity contribution in [3.8, 4) is 0 Å². The van der Waals surface area contributed by atoms with Crippen LogP contribution in [0.15, 0.2) is 4.99 Å². The summed E-state index contributed by atoms with van der Waals surface area (Å²) < 4.78 is 2.24. The number of hydrogen-bond acceptors (Lipinski definition) is 3. The number of rotatable bonds is 3. The lowest BCUT2D eigenvalue weighted by Gasteiger charge is -2.25. The summed E-state index contributed by atoms with van der Waals surface area (Å²) in [5.74, 6) is 3.73. The topological polar surface area (TPSA) is 67.1 Å². The van der Waals surface area contributed by atoms with Gasteiger partial charge in [-0.15, -0.1) is 10.2 Å². The number of fused-ring (bicyclic) bond motifs is 1. The van der Waals surface area contributed by atoms with Crippen LogP contribution in [0.3, 0.4) is 0 Å². The normalized spacial score (nSPS) is 23.1. The van der Waals surface area contributed by atoms with Crippen LogP contribution in [0.25, 0.3) is 0 Å². The highest BCUT2D eigenvalue weighted by Gasteiger charge is 2.24. The van der Waals surface area contributed by atoms with E-state index >= 15 is 0 Å². The van der Waals surface area contributed by atoms with Gasteiger partial charge in [0.05, 0.1) is 0 Å². The first-order chi connectivity index (χ1) is 9.26. The highest BCUT2D eigenvalue weighted by atomic mass is 15.3. The van der Waals surface area contributed by atoms with E-state index in [1.165, 1.54) is 19.3 Å². The molecule has 104 valence electrons. The van der Waals surface area contributed by atoms with E-state index in [4.69, 9.17) is 0 Å². The van der Waals surface area contributed by atoms with Gasteiger partial charge in [-0.3, -0.25) is 4.99 Å². The molecule has 6 nitrogen and oxygen atoms in total. The van der Waals surface area contributed by atoms with Gasteiger partial charge in [0.1, 0.15) is 11.6 Å². The maximum Gasteiger partial charge on any atom is 0.191 e. The fraction of sp³-hybridized carbons (Fsp3) is 0.769. The number of guanidine groups is 1. The lowest BCUT2D eigenvalue weighted by molar-refractivity contribution is 0.358. The molecule has 0 radical (unpaired) electrons. The molecular weight excluding hydrogens is 240 g/mol. The molecule has 2 heterocycles. The van der Waals surface area contributed by atoms with E-state index in [0.29, 0.717) is 12.0 Å². The second-order valence-electron chi connectivity index (χ2n) is 5.55. The van der Waals surface area contributed by atoms with Crippen molar-refractivity contribution >= 4 is 5.96 Å².